The van der Waals surface area contributed by atoms with E-state index in [4.69, 9.17) is 10.5 Å². The standard InChI is InChI=1S/C14H24N4O4/c1-14(2,3)22-13(21)16-6-8-4-7(11(19)17-8)5-9-10(15)12(20)18-9/h7-10H,4-6,15H2,1-3H3,(H,16,21)(H,17,19)(H,18,20)/t7-,8?,9-,10+/m1/s1. The predicted octanol–water partition coefficient (Wildman–Crippen LogP) is -0.768. The summed E-state index contributed by atoms with van der Waals surface area (Å²) in [5.41, 5.74) is 5.11. The van der Waals surface area contributed by atoms with Crippen molar-refractivity contribution in [2.45, 2.75) is 57.3 Å². The molecule has 0 bridgehead atoms. The third-order valence-electron chi connectivity index (χ3n) is 3.78. The van der Waals surface area contributed by atoms with Crippen LogP contribution in [0.2, 0.25) is 0 Å². The molecule has 124 valence electrons. The van der Waals surface area contributed by atoms with Crippen molar-refractivity contribution in [3.8, 4) is 0 Å². The first-order chi connectivity index (χ1) is 10.2. The Bertz CT molecular complexity index is 474. The lowest BCUT2D eigenvalue weighted by Gasteiger charge is -2.35. The highest BCUT2D eigenvalue weighted by Gasteiger charge is 2.41. The summed E-state index contributed by atoms with van der Waals surface area (Å²) in [5, 5.41) is 8.19. The molecule has 1 unspecified atom stereocenters. The molecule has 2 saturated heterocycles. The minimum atomic E-state index is -0.551. The van der Waals surface area contributed by atoms with E-state index in [9.17, 15) is 14.4 Å². The molecule has 2 aliphatic heterocycles. The number of nitrogens with one attached hydrogen (secondary N) is 3. The van der Waals surface area contributed by atoms with Crippen molar-refractivity contribution < 1.29 is 19.1 Å². The van der Waals surface area contributed by atoms with Crippen molar-refractivity contribution in [3.63, 3.8) is 0 Å². The van der Waals surface area contributed by atoms with Crippen LogP contribution in [0.15, 0.2) is 0 Å². The molecule has 2 heterocycles. The molecule has 4 atom stereocenters. The Morgan fingerprint density at radius 3 is 2.55 bits per heavy atom. The van der Waals surface area contributed by atoms with Gasteiger partial charge in [0.25, 0.3) is 0 Å². The van der Waals surface area contributed by atoms with E-state index in [1.54, 1.807) is 20.8 Å². The number of nitrogens with two attached hydrogens (primary N) is 1. The van der Waals surface area contributed by atoms with Gasteiger partial charge < -0.3 is 26.4 Å². The molecule has 0 aromatic heterocycles. The van der Waals surface area contributed by atoms with Crippen LogP contribution in [-0.4, -0.2) is 48.2 Å². The molecule has 0 aromatic carbocycles. The first kappa shape index (κ1) is 16.5. The molecule has 2 aliphatic rings. The maximum absolute atomic E-state index is 11.9. The molecule has 0 aromatic rings. The second kappa shape index (κ2) is 6.12. The number of carbonyl (C=O) groups excluding carboxylic acids is 3. The van der Waals surface area contributed by atoms with Gasteiger partial charge in [0, 0.05) is 18.5 Å². The van der Waals surface area contributed by atoms with Crippen molar-refractivity contribution in [3.05, 3.63) is 0 Å². The number of rotatable bonds is 4. The highest BCUT2D eigenvalue weighted by Crippen LogP contribution is 2.23. The number of carbonyl (C=O) groups is 3. The molecule has 8 nitrogen and oxygen atoms in total. The molecular weight excluding hydrogens is 288 g/mol. The average molecular weight is 312 g/mol. The van der Waals surface area contributed by atoms with Gasteiger partial charge in [-0.1, -0.05) is 0 Å². The first-order valence-electron chi connectivity index (χ1n) is 7.49. The maximum atomic E-state index is 11.9. The third-order valence-corrected chi connectivity index (χ3v) is 3.78. The highest BCUT2D eigenvalue weighted by atomic mass is 16.6. The van der Waals surface area contributed by atoms with Crippen LogP contribution in [0.5, 0.6) is 0 Å². The predicted molar refractivity (Wildman–Crippen MR) is 78.8 cm³/mol. The zero-order chi connectivity index (χ0) is 16.5. The van der Waals surface area contributed by atoms with Crippen LogP contribution in [0.1, 0.15) is 33.6 Å². The average Bonchev–Trinajstić information content (AvgIpc) is 2.74. The highest BCUT2D eigenvalue weighted by molar-refractivity contribution is 5.89. The second-order valence-corrected chi connectivity index (χ2v) is 6.90. The SMILES string of the molecule is CC(C)(C)OC(=O)NCC1C[C@H](C[C@H]2NC(=O)[C@H]2N)C(=O)N1. The summed E-state index contributed by atoms with van der Waals surface area (Å²) in [6.45, 7) is 5.68. The van der Waals surface area contributed by atoms with E-state index < -0.39 is 17.7 Å². The summed E-state index contributed by atoms with van der Waals surface area (Å²) in [5.74, 6) is -0.432. The third kappa shape index (κ3) is 4.09. The van der Waals surface area contributed by atoms with Crippen molar-refractivity contribution >= 4 is 17.9 Å². The summed E-state index contributed by atoms with van der Waals surface area (Å²) in [6.07, 6.45) is 0.633. The van der Waals surface area contributed by atoms with Crippen molar-refractivity contribution in [1.29, 1.82) is 0 Å². The Labute approximate surface area is 129 Å². The largest absolute Gasteiger partial charge is 0.444 e. The quantitative estimate of drug-likeness (QED) is 0.508. The Hall–Kier alpha value is -1.83. The Balaban J connectivity index is 1.73. The van der Waals surface area contributed by atoms with Crippen LogP contribution in [0.4, 0.5) is 4.79 Å². The number of alkyl carbamates (subject to hydrolysis) is 1. The van der Waals surface area contributed by atoms with Gasteiger partial charge >= 0.3 is 6.09 Å². The lowest BCUT2D eigenvalue weighted by Crippen LogP contribution is -2.67. The molecule has 0 aliphatic carbocycles. The Morgan fingerprint density at radius 2 is 2.00 bits per heavy atom. The van der Waals surface area contributed by atoms with Gasteiger partial charge in [-0.05, 0) is 33.6 Å². The monoisotopic (exact) mass is 312 g/mol. The summed E-state index contributed by atoms with van der Waals surface area (Å²) < 4.78 is 5.14. The maximum Gasteiger partial charge on any atom is 0.407 e. The fraction of sp³-hybridized carbons (Fsp3) is 0.786. The number of amides is 3. The summed E-state index contributed by atoms with van der Waals surface area (Å²) >= 11 is 0. The molecule has 3 amide bonds. The fourth-order valence-electron chi connectivity index (χ4n) is 2.65. The normalized spacial score (nSPS) is 31.1. The summed E-state index contributed by atoms with van der Waals surface area (Å²) in [7, 11) is 0. The molecule has 0 saturated carbocycles. The summed E-state index contributed by atoms with van der Waals surface area (Å²) in [6, 6.07) is -0.787. The van der Waals surface area contributed by atoms with Crippen molar-refractivity contribution in [2.24, 2.45) is 11.7 Å². The van der Waals surface area contributed by atoms with Gasteiger partial charge in [-0.25, -0.2) is 4.79 Å². The van der Waals surface area contributed by atoms with Gasteiger partial charge in [0.05, 0.1) is 6.04 Å². The Kier molecular flexibility index (Phi) is 4.60. The van der Waals surface area contributed by atoms with Crippen LogP contribution in [0.25, 0.3) is 0 Å². The van der Waals surface area contributed by atoms with Crippen LogP contribution in [0, 0.1) is 5.92 Å². The molecule has 0 radical (unpaired) electrons. The van der Waals surface area contributed by atoms with Gasteiger partial charge in [-0.15, -0.1) is 0 Å². The van der Waals surface area contributed by atoms with Crippen LogP contribution in [0.3, 0.4) is 0 Å². The van der Waals surface area contributed by atoms with E-state index in [0.717, 1.165) is 0 Å². The number of hydrogen-bond donors (Lipinski definition) is 4. The van der Waals surface area contributed by atoms with E-state index >= 15 is 0 Å². The molecule has 22 heavy (non-hydrogen) atoms. The van der Waals surface area contributed by atoms with Gasteiger partial charge in [-0.2, -0.15) is 0 Å². The topological polar surface area (TPSA) is 123 Å². The lowest BCUT2D eigenvalue weighted by molar-refractivity contribution is -0.132. The molecule has 0 spiro atoms. The minimum Gasteiger partial charge on any atom is -0.444 e. The van der Waals surface area contributed by atoms with E-state index in [-0.39, 0.29) is 29.8 Å². The number of ether oxygens (including phenoxy) is 1. The van der Waals surface area contributed by atoms with E-state index in [0.29, 0.717) is 19.4 Å². The Morgan fingerprint density at radius 1 is 1.32 bits per heavy atom. The lowest BCUT2D eigenvalue weighted by atomic mass is 9.88. The zero-order valence-corrected chi connectivity index (χ0v) is 13.1. The zero-order valence-electron chi connectivity index (χ0n) is 13.1. The minimum absolute atomic E-state index is 0.0654. The second-order valence-electron chi connectivity index (χ2n) is 6.90. The van der Waals surface area contributed by atoms with E-state index in [1.165, 1.54) is 0 Å². The van der Waals surface area contributed by atoms with Crippen LogP contribution >= 0.6 is 0 Å². The molecule has 8 heteroatoms. The smallest absolute Gasteiger partial charge is 0.407 e. The van der Waals surface area contributed by atoms with E-state index in [1.807, 2.05) is 0 Å². The number of β-lactam (4-membered cyclic amide) rings is 1. The van der Waals surface area contributed by atoms with E-state index in [2.05, 4.69) is 16.0 Å². The molecule has 2 fully saturated rings. The molecule has 2 rings (SSSR count). The van der Waals surface area contributed by atoms with Gasteiger partial charge in [0.1, 0.15) is 11.6 Å². The fourth-order valence-corrected chi connectivity index (χ4v) is 2.65. The number of hydrogen-bond acceptors (Lipinski definition) is 5. The van der Waals surface area contributed by atoms with Crippen molar-refractivity contribution in [1.82, 2.24) is 16.0 Å². The van der Waals surface area contributed by atoms with Gasteiger partial charge in [-0.3, -0.25) is 9.59 Å². The van der Waals surface area contributed by atoms with Crippen molar-refractivity contribution in [2.75, 3.05) is 6.54 Å². The van der Waals surface area contributed by atoms with Crippen LogP contribution < -0.4 is 21.7 Å². The van der Waals surface area contributed by atoms with Crippen LogP contribution in [-0.2, 0) is 14.3 Å². The van der Waals surface area contributed by atoms with Gasteiger partial charge in [0.15, 0.2) is 0 Å². The van der Waals surface area contributed by atoms with Gasteiger partial charge in [0.2, 0.25) is 11.8 Å². The summed E-state index contributed by atoms with van der Waals surface area (Å²) in [4.78, 5) is 34.5. The molecule has 5 N–H and O–H groups in total. The first-order valence-corrected chi connectivity index (χ1v) is 7.49. The molecular formula is C14H24N4O4.